The van der Waals surface area contributed by atoms with Crippen LogP contribution in [0.2, 0.25) is 0 Å². The molecule has 0 aliphatic carbocycles. The smallest absolute Gasteiger partial charge is 0.0779 e. The van der Waals surface area contributed by atoms with Crippen molar-refractivity contribution < 1.29 is 5.11 Å². The topological polar surface area (TPSA) is 20.2 Å². The molecule has 0 spiro atoms. The molecule has 12 heavy (non-hydrogen) atoms. The van der Waals surface area contributed by atoms with Crippen molar-refractivity contribution in [1.29, 1.82) is 0 Å². The molecule has 0 rings (SSSR count). The maximum Gasteiger partial charge on any atom is 0.0779 e. The van der Waals surface area contributed by atoms with Crippen molar-refractivity contribution in [3.63, 3.8) is 0 Å². The van der Waals surface area contributed by atoms with Crippen molar-refractivity contribution in [2.24, 2.45) is 5.41 Å². The van der Waals surface area contributed by atoms with E-state index in [1.807, 2.05) is 0 Å². The van der Waals surface area contributed by atoms with E-state index in [1.165, 1.54) is 12.8 Å². The van der Waals surface area contributed by atoms with Crippen LogP contribution in [0.5, 0.6) is 0 Å². The Morgan fingerprint density at radius 3 is 2.50 bits per heavy atom. The van der Waals surface area contributed by atoms with Gasteiger partial charge in [-0.1, -0.05) is 49.5 Å². The molecule has 0 heterocycles. The Morgan fingerprint density at radius 2 is 2.08 bits per heavy atom. The van der Waals surface area contributed by atoms with Crippen molar-refractivity contribution in [1.82, 2.24) is 0 Å². The van der Waals surface area contributed by atoms with Crippen LogP contribution in [0.1, 0.15) is 40.0 Å². The molecule has 0 aromatic heterocycles. The van der Waals surface area contributed by atoms with E-state index in [4.69, 9.17) is 0 Å². The number of hydrogen-bond acceptors (Lipinski definition) is 1. The molecule has 0 bridgehead atoms. The van der Waals surface area contributed by atoms with E-state index in [0.717, 1.165) is 6.42 Å². The Hall–Kier alpha value is 0.180. The predicted octanol–water partition coefficient (Wildman–Crippen LogP) is 3.47. The molecule has 0 saturated carbocycles. The number of halogens is 1. The summed E-state index contributed by atoms with van der Waals surface area (Å²) in [5.41, 5.74) is 0.000278. The molecule has 0 aliphatic rings. The SMILES string of the molecule is CCCCC(C)(C)C(O)C=CBr. The molecule has 0 fully saturated rings. The zero-order chi connectivity index (χ0) is 9.61. The maximum absolute atomic E-state index is 9.69. The van der Waals surface area contributed by atoms with Gasteiger partial charge in [-0.2, -0.15) is 0 Å². The van der Waals surface area contributed by atoms with E-state index in [-0.39, 0.29) is 11.5 Å². The van der Waals surface area contributed by atoms with E-state index in [1.54, 1.807) is 11.1 Å². The van der Waals surface area contributed by atoms with Crippen LogP contribution in [0.3, 0.4) is 0 Å². The van der Waals surface area contributed by atoms with Gasteiger partial charge in [0.15, 0.2) is 0 Å². The van der Waals surface area contributed by atoms with Gasteiger partial charge in [-0.3, -0.25) is 0 Å². The summed E-state index contributed by atoms with van der Waals surface area (Å²) in [7, 11) is 0. The maximum atomic E-state index is 9.69. The fraction of sp³-hybridized carbons (Fsp3) is 0.800. The zero-order valence-corrected chi connectivity index (χ0v) is 9.76. The fourth-order valence-electron chi connectivity index (χ4n) is 1.11. The average Bonchev–Trinajstić information content (AvgIpc) is 2.01. The zero-order valence-electron chi connectivity index (χ0n) is 8.18. The van der Waals surface area contributed by atoms with E-state index >= 15 is 0 Å². The molecular weight excluding hydrogens is 216 g/mol. The number of hydrogen-bond donors (Lipinski definition) is 1. The highest BCUT2D eigenvalue weighted by Crippen LogP contribution is 2.28. The average molecular weight is 235 g/mol. The van der Waals surface area contributed by atoms with E-state index < -0.39 is 0 Å². The third kappa shape index (κ3) is 4.27. The first-order valence-electron chi connectivity index (χ1n) is 4.49. The standard InChI is InChI=1S/C10H19BrO/c1-4-5-7-10(2,3)9(12)6-8-11/h6,8-9,12H,4-5,7H2,1-3H3. The Labute approximate surface area is 84.0 Å². The van der Waals surface area contributed by atoms with E-state index in [2.05, 4.69) is 36.7 Å². The third-order valence-electron chi connectivity index (χ3n) is 2.23. The predicted molar refractivity (Wildman–Crippen MR) is 57.4 cm³/mol. The van der Waals surface area contributed by atoms with Gasteiger partial charge in [0.05, 0.1) is 6.10 Å². The van der Waals surface area contributed by atoms with E-state index in [9.17, 15) is 5.11 Å². The minimum atomic E-state index is -0.344. The Kier molecular flexibility index (Phi) is 5.85. The van der Waals surface area contributed by atoms with Crippen LogP contribution in [-0.2, 0) is 0 Å². The summed E-state index contributed by atoms with van der Waals surface area (Å²) in [4.78, 5) is 1.73. The van der Waals surface area contributed by atoms with Crippen LogP contribution in [0.4, 0.5) is 0 Å². The summed E-state index contributed by atoms with van der Waals surface area (Å²) >= 11 is 3.17. The van der Waals surface area contributed by atoms with Crippen molar-refractivity contribution in [2.75, 3.05) is 0 Å². The van der Waals surface area contributed by atoms with Gasteiger partial charge in [0.25, 0.3) is 0 Å². The fourth-order valence-corrected chi connectivity index (χ4v) is 1.40. The highest BCUT2D eigenvalue weighted by Gasteiger charge is 2.24. The molecule has 0 aromatic rings. The first-order valence-corrected chi connectivity index (χ1v) is 5.41. The van der Waals surface area contributed by atoms with Crippen molar-refractivity contribution >= 4 is 15.9 Å². The normalized spacial score (nSPS) is 15.4. The lowest BCUT2D eigenvalue weighted by atomic mass is 9.82. The second kappa shape index (κ2) is 5.76. The van der Waals surface area contributed by atoms with Crippen molar-refractivity contribution in [3.8, 4) is 0 Å². The molecule has 0 radical (unpaired) electrons. The second-order valence-electron chi connectivity index (χ2n) is 3.86. The minimum absolute atomic E-state index is 0.000278. The van der Waals surface area contributed by atoms with Gasteiger partial charge in [-0.15, -0.1) is 0 Å². The Morgan fingerprint density at radius 1 is 1.50 bits per heavy atom. The van der Waals surface area contributed by atoms with Crippen LogP contribution >= 0.6 is 15.9 Å². The molecule has 72 valence electrons. The molecule has 1 unspecified atom stereocenters. The molecule has 0 saturated heterocycles. The first kappa shape index (κ1) is 12.2. The summed E-state index contributed by atoms with van der Waals surface area (Å²) in [6, 6.07) is 0. The van der Waals surface area contributed by atoms with Gasteiger partial charge in [-0.05, 0) is 22.9 Å². The first-order chi connectivity index (χ1) is 5.54. The second-order valence-corrected chi connectivity index (χ2v) is 4.38. The van der Waals surface area contributed by atoms with Gasteiger partial charge in [0, 0.05) is 0 Å². The lowest BCUT2D eigenvalue weighted by Crippen LogP contribution is -2.27. The summed E-state index contributed by atoms with van der Waals surface area (Å²) in [5, 5.41) is 9.69. The Balaban J connectivity index is 3.98. The largest absolute Gasteiger partial charge is 0.388 e. The van der Waals surface area contributed by atoms with Gasteiger partial charge >= 0.3 is 0 Å². The van der Waals surface area contributed by atoms with Gasteiger partial charge in [0.1, 0.15) is 0 Å². The lowest BCUT2D eigenvalue weighted by Gasteiger charge is -2.28. The number of unbranched alkanes of at least 4 members (excludes halogenated alkanes) is 1. The number of aliphatic hydroxyl groups excluding tert-OH is 1. The lowest BCUT2D eigenvalue weighted by molar-refractivity contribution is 0.0818. The van der Waals surface area contributed by atoms with Crippen molar-refractivity contribution in [2.45, 2.75) is 46.1 Å². The highest BCUT2D eigenvalue weighted by molar-refractivity contribution is 9.11. The van der Waals surface area contributed by atoms with Crippen LogP contribution in [0.25, 0.3) is 0 Å². The molecule has 1 nitrogen and oxygen atoms in total. The quantitative estimate of drug-likeness (QED) is 0.773. The third-order valence-corrected chi connectivity index (χ3v) is 2.54. The molecule has 0 aliphatic heterocycles. The Bertz CT molecular complexity index is 141. The van der Waals surface area contributed by atoms with Crippen molar-refractivity contribution in [3.05, 3.63) is 11.1 Å². The van der Waals surface area contributed by atoms with Gasteiger partial charge < -0.3 is 5.11 Å². The van der Waals surface area contributed by atoms with Crippen LogP contribution in [0, 0.1) is 5.41 Å². The van der Waals surface area contributed by atoms with Crippen LogP contribution < -0.4 is 0 Å². The highest BCUT2D eigenvalue weighted by atomic mass is 79.9. The summed E-state index contributed by atoms with van der Waals surface area (Å²) in [5.74, 6) is 0. The summed E-state index contributed by atoms with van der Waals surface area (Å²) in [6.45, 7) is 6.36. The van der Waals surface area contributed by atoms with Gasteiger partial charge in [-0.25, -0.2) is 0 Å². The molecule has 1 atom stereocenters. The van der Waals surface area contributed by atoms with Gasteiger partial charge in [0.2, 0.25) is 0 Å². The number of aliphatic hydroxyl groups is 1. The summed E-state index contributed by atoms with van der Waals surface area (Å²) < 4.78 is 0. The number of rotatable bonds is 5. The summed E-state index contributed by atoms with van der Waals surface area (Å²) in [6.07, 6.45) is 4.88. The molecule has 0 aromatic carbocycles. The molecule has 2 heteroatoms. The molecule has 0 amide bonds. The molecular formula is C10H19BrO. The molecule has 1 N–H and O–H groups in total. The van der Waals surface area contributed by atoms with E-state index in [0.29, 0.717) is 0 Å². The minimum Gasteiger partial charge on any atom is -0.388 e. The monoisotopic (exact) mass is 234 g/mol. The van der Waals surface area contributed by atoms with Crippen LogP contribution in [-0.4, -0.2) is 11.2 Å². The van der Waals surface area contributed by atoms with Crippen LogP contribution in [0.15, 0.2) is 11.1 Å².